The summed E-state index contributed by atoms with van der Waals surface area (Å²) >= 11 is 0. The van der Waals surface area contributed by atoms with Crippen molar-refractivity contribution in [3.05, 3.63) is 40.5 Å². The van der Waals surface area contributed by atoms with Crippen LogP contribution in [0.15, 0.2) is 18.2 Å². The third kappa shape index (κ3) is 2.77. The predicted octanol–water partition coefficient (Wildman–Crippen LogP) is 2.44. The summed E-state index contributed by atoms with van der Waals surface area (Å²) in [5, 5.41) is 8.53. The van der Waals surface area contributed by atoms with Gasteiger partial charge in [-0.15, -0.1) is 0 Å². The van der Waals surface area contributed by atoms with Crippen molar-refractivity contribution < 1.29 is 19.4 Å². The molecule has 0 aliphatic heterocycles. The molecule has 1 rings (SSSR count). The zero-order chi connectivity index (χ0) is 13.9. The summed E-state index contributed by atoms with van der Waals surface area (Å²) in [4.78, 5) is 22.4. The van der Waals surface area contributed by atoms with Crippen LogP contribution in [0.2, 0.25) is 0 Å². The Kier molecular flexibility index (Phi) is 4.26. The van der Waals surface area contributed by atoms with E-state index in [1.807, 2.05) is 19.9 Å². The average molecular weight is 248 g/mol. The topological polar surface area (TPSA) is 63.6 Å². The zero-order valence-corrected chi connectivity index (χ0v) is 10.9. The van der Waals surface area contributed by atoms with Gasteiger partial charge < -0.3 is 9.84 Å². The quantitative estimate of drug-likeness (QED) is 0.656. The largest absolute Gasteiger partial charge is 0.496 e. The van der Waals surface area contributed by atoms with E-state index in [2.05, 4.69) is 0 Å². The van der Waals surface area contributed by atoms with Gasteiger partial charge >= 0.3 is 5.97 Å². The Morgan fingerprint density at radius 3 is 2.28 bits per heavy atom. The molecule has 96 valence electrons. The van der Waals surface area contributed by atoms with Crippen LogP contribution >= 0.6 is 0 Å². The molecule has 4 heteroatoms. The molecule has 0 radical (unpaired) electrons. The molecule has 4 nitrogen and oxygen atoms in total. The lowest BCUT2D eigenvalue weighted by atomic mass is 9.96. The number of rotatable bonds is 4. The van der Waals surface area contributed by atoms with Crippen molar-refractivity contribution in [2.24, 2.45) is 0 Å². The van der Waals surface area contributed by atoms with Crippen molar-refractivity contribution in [1.29, 1.82) is 0 Å². The van der Waals surface area contributed by atoms with Crippen molar-refractivity contribution >= 4 is 11.8 Å². The van der Waals surface area contributed by atoms with Crippen LogP contribution in [-0.2, 0) is 4.79 Å². The second kappa shape index (κ2) is 5.49. The first kappa shape index (κ1) is 14.0. The number of benzene rings is 1. The van der Waals surface area contributed by atoms with Gasteiger partial charge in [0.05, 0.1) is 12.7 Å². The van der Waals surface area contributed by atoms with E-state index in [0.29, 0.717) is 11.3 Å². The highest BCUT2D eigenvalue weighted by atomic mass is 16.5. The molecule has 0 spiro atoms. The number of allylic oxidation sites excluding steroid dienone is 1. The van der Waals surface area contributed by atoms with Gasteiger partial charge in [-0.25, -0.2) is 4.79 Å². The van der Waals surface area contributed by atoms with Crippen LogP contribution in [0.3, 0.4) is 0 Å². The third-order valence-corrected chi connectivity index (χ3v) is 2.81. The number of carbonyl (C=O) groups excluding carboxylic acids is 1. The summed E-state index contributed by atoms with van der Waals surface area (Å²) in [7, 11) is 1.50. The standard InChI is InChI=1S/C14H16O4/c1-8-7-9(2)13(14(18-4)10(8)3)11(15)5-6-12(16)17/h5-7H,1-4H3,(H,16,17)/b6-5+. The van der Waals surface area contributed by atoms with Gasteiger partial charge in [-0.3, -0.25) is 4.79 Å². The van der Waals surface area contributed by atoms with Crippen LogP contribution in [0, 0.1) is 20.8 Å². The maximum absolute atomic E-state index is 12.0. The number of hydrogen-bond donors (Lipinski definition) is 1. The monoisotopic (exact) mass is 248 g/mol. The minimum Gasteiger partial charge on any atom is -0.496 e. The highest BCUT2D eigenvalue weighted by molar-refractivity contribution is 6.09. The van der Waals surface area contributed by atoms with Gasteiger partial charge in [0.2, 0.25) is 0 Å². The maximum atomic E-state index is 12.0. The number of carbonyl (C=O) groups is 2. The van der Waals surface area contributed by atoms with Gasteiger partial charge in [0.25, 0.3) is 0 Å². The van der Waals surface area contributed by atoms with Crippen LogP contribution in [0.25, 0.3) is 0 Å². The van der Waals surface area contributed by atoms with E-state index in [0.717, 1.165) is 28.8 Å². The van der Waals surface area contributed by atoms with E-state index in [1.54, 1.807) is 6.92 Å². The van der Waals surface area contributed by atoms with E-state index in [4.69, 9.17) is 9.84 Å². The molecular formula is C14H16O4. The fourth-order valence-electron chi connectivity index (χ4n) is 1.84. The molecule has 0 atom stereocenters. The smallest absolute Gasteiger partial charge is 0.328 e. The fourth-order valence-corrected chi connectivity index (χ4v) is 1.84. The molecular weight excluding hydrogens is 232 g/mol. The Balaban J connectivity index is 3.36. The van der Waals surface area contributed by atoms with Crippen molar-refractivity contribution in [3.63, 3.8) is 0 Å². The number of aliphatic carboxylic acids is 1. The molecule has 18 heavy (non-hydrogen) atoms. The number of ether oxygens (including phenoxy) is 1. The highest BCUT2D eigenvalue weighted by Gasteiger charge is 2.17. The van der Waals surface area contributed by atoms with Crippen LogP contribution in [0.1, 0.15) is 27.0 Å². The van der Waals surface area contributed by atoms with Gasteiger partial charge in [-0.05, 0) is 43.5 Å². The van der Waals surface area contributed by atoms with Crippen LogP contribution in [0.5, 0.6) is 5.75 Å². The van der Waals surface area contributed by atoms with E-state index in [1.165, 1.54) is 7.11 Å². The lowest BCUT2D eigenvalue weighted by Crippen LogP contribution is -2.06. The Labute approximate surface area is 106 Å². The molecule has 1 N–H and O–H groups in total. The van der Waals surface area contributed by atoms with Crippen molar-refractivity contribution in [2.75, 3.05) is 7.11 Å². The van der Waals surface area contributed by atoms with Crippen LogP contribution < -0.4 is 4.74 Å². The Bertz CT molecular complexity index is 527. The van der Waals surface area contributed by atoms with Gasteiger partial charge in [0.1, 0.15) is 5.75 Å². The number of hydrogen-bond acceptors (Lipinski definition) is 3. The minimum absolute atomic E-state index is 0.366. The molecule has 0 saturated carbocycles. The summed E-state index contributed by atoms with van der Waals surface area (Å²) in [5.74, 6) is -1.01. The van der Waals surface area contributed by atoms with Crippen molar-refractivity contribution in [1.82, 2.24) is 0 Å². The fraction of sp³-hybridized carbons (Fsp3) is 0.286. The molecule has 0 bridgehead atoms. The number of ketones is 1. The summed E-state index contributed by atoms with van der Waals surface area (Å²) < 4.78 is 5.26. The van der Waals surface area contributed by atoms with Gasteiger partial charge in [0, 0.05) is 6.08 Å². The first-order chi connectivity index (χ1) is 8.38. The molecule has 0 aromatic heterocycles. The maximum Gasteiger partial charge on any atom is 0.328 e. The first-order valence-electron chi connectivity index (χ1n) is 5.48. The third-order valence-electron chi connectivity index (χ3n) is 2.81. The number of carboxylic acid groups (broad SMARTS) is 1. The Morgan fingerprint density at radius 2 is 1.78 bits per heavy atom. The molecule has 0 saturated heterocycles. The van der Waals surface area contributed by atoms with Gasteiger partial charge in [-0.1, -0.05) is 6.07 Å². The normalized spacial score (nSPS) is 10.7. The molecule has 0 fully saturated rings. The van der Waals surface area contributed by atoms with Gasteiger partial charge in [-0.2, -0.15) is 0 Å². The average Bonchev–Trinajstić information content (AvgIpc) is 2.30. The van der Waals surface area contributed by atoms with Crippen LogP contribution in [0.4, 0.5) is 0 Å². The molecule has 0 aliphatic carbocycles. The molecule has 1 aromatic rings. The first-order valence-corrected chi connectivity index (χ1v) is 5.48. The summed E-state index contributed by atoms with van der Waals surface area (Å²) in [6.45, 7) is 5.61. The predicted molar refractivity (Wildman–Crippen MR) is 68.3 cm³/mol. The number of aryl methyl sites for hydroxylation is 2. The zero-order valence-electron chi connectivity index (χ0n) is 10.9. The van der Waals surface area contributed by atoms with E-state index < -0.39 is 5.97 Å². The lowest BCUT2D eigenvalue weighted by Gasteiger charge is -2.14. The molecule has 0 unspecified atom stereocenters. The van der Waals surface area contributed by atoms with E-state index in [-0.39, 0.29) is 5.78 Å². The summed E-state index contributed by atoms with van der Waals surface area (Å²) in [6, 6.07) is 1.89. The summed E-state index contributed by atoms with van der Waals surface area (Å²) in [5.41, 5.74) is 3.10. The van der Waals surface area contributed by atoms with Gasteiger partial charge in [0.15, 0.2) is 5.78 Å². The van der Waals surface area contributed by atoms with Crippen molar-refractivity contribution in [3.8, 4) is 5.75 Å². The second-order valence-corrected chi connectivity index (χ2v) is 4.08. The molecule has 0 amide bonds. The lowest BCUT2D eigenvalue weighted by molar-refractivity contribution is -0.131. The summed E-state index contributed by atoms with van der Waals surface area (Å²) in [6.07, 6.45) is 1.87. The Hall–Kier alpha value is -2.10. The van der Waals surface area contributed by atoms with E-state index in [9.17, 15) is 9.59 Å². The SMILES string of the molecule is COc1c(C)c(C)cc(C)c1C(=O)/C=C/C(=O)O. The molecule has 1 aromatic carbocycles. The molecule has 0 aliphatic rings. The Morgan fingerprint density at radius 1 is 1.17 bits per heavy atom. The number of carboxylic acids is 1. The van der Waals surface area contributed by atoms with Crippen molar-refractivity contribution in [2.45, 2.75) is 20.8 Å². The number of methoxy groups -OCH3 is 1. The molecule has 0 heterocycles. The van der Waals surface area contributed by atoms with Crippen LogP contribution in [-0.4, -0.2) is 24.0 Å². The van der Waals surface area contributed by atoms with E-state index >= 15 is 0 Å². The minimum atomic E-state index is -1.15. The highest BCUT2D eigenvalue weighted by Crippen LogP contribution is 2.29. The second-order valence-electron chi connectivity index (χ2n) is 4.08.